The molecule has 154 valence electrons. The van der Waals surface area contributed by atoms with E-state index in [4.69, 9.17) is 9.47 Å². The third kappa shape index (κ3) is 3.91. The van der Waals surface area contributed by atoms with Crippen molar-refractivity contribution in [3.63, 3.8) is 0 Å². The fraction of sp³-hybridized carbons (Fsp3) is 0.261. The van der Waals surface area contributed by atoms with Crippen LogP contribution in [0.2, 0.25) is 0 Å². The summed E-state index contributed by atoms with van der Waals surface area (Å²) in [5.41, 5.74) is 1.87. The van der Waals surface area contributed by atoms with Crippen LogP contribution in [0.1, 0.15) is 24.2 Å². The number of nitrogens with zero attached hydrogens (tertiary/aromatic N) is 2. The largest absolute Gasteiger partial charge is 0.497 e. The summed E-state index contributed by atoms with van der Waals surface area (Å²) in [7, 11) is 3.15. The Labute approximate surface area is 174 Å². The quantitative estimate of drug-likeness (QED) is 0.658. The predicted molar refractivity (Wildman–Crippen MR) is 116 cm³/mol. The first kappa shape index (κ1) is 19.7. The maximum atomic E-state index is 12.8. The minimum Gasteiger partial charge on any atom is -0.497 e. The average Bonchev–Trinajstić information content (AvgIpc) is 2.78. The maximum absolute atomic E-state index is 12.8. The van der Waals surface area contributed by atoms with Crippen molar-refractivity contribution < 1.29 is 14.3 Å². The third-order valence-electron chi connectivity index (χ3n) is 5.18. The third-order valence-corrected chi connectivity index (χ3v) is 5.18. The molecule has 1 N–H and O–H groups in total. The number of amides is 1. The number of carbonyl (C=O) groups excluding carboxylic acids is 1. The Morgan fingerprint density at radius 3 is 2.80 bits per heavy atom. The number of ether oxygens (including phenoxy) is 2. The van der Waals surface area contributed by atoms with E-state index < -0.39 is 0 Å². The molecule has 1 aliphatic heterocycles. The second-order valence-electron chi connectivity index (χ2n) is 7.10. The molecule has 1 aliphatic rings. The summed E-state index contributed by atoms with van der Waals surface area (Å²) in [6, 6.07) is 10.6. The van der Waals surface area contributed by atoms with Gasteiger partial charge in [0.15, 0.2) is 0 Å². The number of rotatable bonds is 5. The lowest BCUT2D eigenvalue weighted by Crippen LogP contribution is -2.28. The van der Waals surface area contributed by atoms with Crippen LogP contribution < -0.4 is 20.3 Å². The van der Waals surface area contributed by atoms with E-state index in [2.05, 4.69) is 10.3 Å². The lowest BCUT2D eigenvalue weighted by Gasteiger charge is -2.17. The van der Waals surface area contributed by atoms with Gasteiger partial charge in [-0.15, -0.1) is 0 Å². The molecular formula is C23H23N3O4. The Kier molecular flexibility index (Phi) is 5.52. The van der Waals surface area contributed by atoms with E-state index in [0.29, 0.717) is 34.6 Å². The van der Waals surface area contributed by atoms with Crippen molar-refractivity contribution in [1.82, 2.24) is 9.55 Å². The topological polar surface area (TPSA) is 82.4 Å². The molecule has 0 spiro atoms. The highest BCUT2D eigenvalue weighted by molar-refractivity contribution is 6.03. The summed E-state index contributed by atoms with van der Waals surface area (Å²) in [5, 5.41) is 3.31. The minimum absolute atomic E-state index is 0.0533. The molecule has 0 radical (unpaired) electrons. The first-order valence-electron chi connectivity index (χ1n) is 9.83. The van der Waals surface area contributed by atoms with Gasteiger partial charge in [-0.1, -0.05) is 0 Å². The molecular weight excluding hydrogens is 382 g/mol. The minimum atomic E-state index is -0.315. The van der Waals surface area contributed by atoms with Crippen LogP contribution in [0.3, 0.4) is 0 Å². The van der Waals surface area contributed by atoms with Gasteiger partial charge in [0.25, 0.3) is 5.56 Å². The van der Waals surface area contributed by atoms with Gasteiger partial charge in [0.05, 0.1) is 25.1 Å². The zero-order chi connectivity index (χ0) is 21.1. The molecule has 0 saturated heterocycles. The van der Waals surface area contributed by atoms with E-state index in [0.717, 1.165) is 30.7 Å². The van der Waals surface area contributed by atoms with Crippen LogP contribution in [0.15, 0.2) is 47.3 Å². The number of methoxy groups -OCH3 is 2. The van der Waals surface area contributed by atoms with Gasteiger partial charge in [-0.05, 0) is 55.3 Å². The van der Waals surface area contributed by atoms with Crippen LogP contribution in [0.25, 0.3) is 17.0 Å². The van der Waals surface area contributed by atoms with Crippen molar-refractivity contribution in [2.24, 2.45) is 0 Å². The van der Waals surface area contributed by atoms with Gasteiger partial charge >= 0.3 is 0 Å². The standard InChI is InChI=1S/C23H23N3O4/c1-29-17-8-10-20(30-2)15(13-17)6-11-22(27)24-16-7-9-19-18(14-16)23(28)26-12-4-3-5-21(26)25-19/h6-11,13-14H,3-5,12H2,1-2H3,(H,24,27)/b11-6+. The van der Waals surface area contributed by atoms with Gasteiger partial charge in [0.1, 0.15) is 17.3 Å². The highest BCUT2D eigenvalue weighted by Crippen LogP contribution is 2.25. The number of hydrogen-bond acceptors (Lipinski definition) is 5. The second-order valence-corrected chi connectivity index (χ2v) is 7.10. The average molecular weight is 405 g/mol. The summed E-state index contributed by atoms with van der Waals surface area (Å²) in [4.78, 5) is 29.9. The first-order chi connectivity index (χ1) is 14.6. The van der Waals surface area contributed by atoms with Gasteiger partial charge in [0, 0.05) is 30.3 Å². The summed E-state index contributed by atoms with van der Waals surface area (Å²) in [5.74, 6) is 1.83. The number of hydrogen-bond donors (Lipinski definition) is 1. The smallest absolute Gasteiger partial charge is 0.261 e. The molecule has 2 aromatic carbocycles. The zero-order valence-electron chi connectivity index (χ0n) is 17.0. The predicted octanol–water partition coefficient (Wildman–Crippen LogP) is 3.40. The fourth-order valence-corrected chi connectivity index (χ4v) is 3.64. The highest BCUT2D eigenvalue weighted by Gasteiger charge is 2.15. The Bertz CT molecular complexity index is 1200. The van der Waals surface area contributed by atoms with Crippen molar-refractivity contribution >= 4 is 28.6 Å². The number of benzene rings is 2. The van der Waals surface area contributed by atoms with Crippen molar-refractivity contribution in [2.75, 3.05) is 19.5 Å². The Morgan fingerprint density at radius 2 is 2.00 bits per heavy atom. The Morgan fingerprint density at radius 1 is 1.13 bits per heavy atom. The van der Waals surface area contributed by atoms with Crippen LogP contribution in [0, 0.1) is 0 Å². The second kappa shape index (κ2) is 8.41. The molecule has 0 aliphatic carbocycles. The number of anilines is 1. The summed E-state index contributed by atoms with van der Waals surface area (Å²) in [6.07, 6.45) is 5.93. The van der Waals surface area contributed by atoms with Crippen molar-refractivity contribution in [1.29, 1.82) is 0 Å². The van der Waals surface area contributed by atoms with E-state index in [1.807, 2.05) is 0 Å². The molecule has 7 nitrogen and oxygen atoms in total. The monoisotopic (exact) mass is 405 g/mol. The van der Waals surface area contributed by atoms with Crippen LogP contribution >= 0.6 is 0 Å². The zero-order valence-corrected chi connectivity index (χ0v) is 17.0. The molecule has 0 fully saturated rings. The summed E-state index contributed by atoms with van der Waals surface area (Å²) < 4.78 is 12.3. The summed E-state index contributed by atoms with van der Waals surface area (Å²) >= 11 is 0. The normalized spacial score (nSPS) is 13.3. The molecule has 1 amide bonds. The van der Waals surface area contributed by atoms with Crippen molar-refractivity contribution in [3.05, 3.63) is 64.2 Å². The number of fused-ring (bicyclic) bond motifs is 2. The summed E-state index contributed by atoms with van der Waals surface area (Å²) in [6.45, 7) is 0.693. The molecule has 30 heavy (non-hydrogen) atoms. The van der Waals surface area contributed by atoms with Crippen LogP contribution in [0.5, 0.6) is 11.5 Å². The first-order valence-corrected chi connectivity index (χ1v) is 9.83. The van der Waals surface area contributed by atoms with E-state index in [-0.39, 0.29) is 11.5 Å². The van der Waals surface area contributed by atoms with Gasteiger partial charge in [-0.3, -0.25) is 14.2 Å². The molecule has 3 aromatic rings. The number of nitrogens with one attached hydrogen (secondary N) is 1. The molecule has 0 bridgehead atoms. The van der Waals surface area contributed by atoms with Gasteiger partial charge in [0.2, 0.25) is 5.91 Å². The van der Waals surface area contributed by atoms with Gasteiger partial charge in [-0.25, -0.2) is 4.98 Å². The molecule has 7 heteroatoms. The number of carbonyl (C=O) groups is 1. The molecule has 0 atom stereocenters. The van der Waals surface area contributed by atoms with E-state index in [1.165, 1.54) is 6.08 Å². The SMILES string of the molecule is COc1ccc(OC)c(/C=C/C(=O)Nc2ccc3nc4n(c(=O)c3c2)CCCC4)c1. The number of aryl methyl sites for hydroxylation is 1. The van der Waals surface area contributed by atoms with E-state index in [9.17, 15) is 9.59 Å². The maximum Gasteiger partial charge on any atom is 0.261 e. The van der Waals surface area contributed by atoms with Crippen LogP contribution in [-0.2, 0) is 17.8 Å². The van der Waals surface area contributed by atoms with Crippen molar-refractivity contribution in [2.45, 2.75) is 25.8 Å². The van der Waals surface area contributed by atoms with Gasteiger partial charge < -0.3 is 14.8 Å². The molecule has 0 unspecified atom stereocenters. The van der Waals surface area contributed by atoms with Crippen molar-refractivity contribution in [3.8, 4) is 11.5 Å². The number of aromatic nitrogens is 2. The molecule has 2 heterocycles. The lowest BCUT2D eigenvalue weighted by molar-refractivity contribution is -0.111. The molecule has 1 aromatic heterocycles. The molecule has 0 saturated carbocycles. The molecule has 4 rings (SSSR count). The van der Waals surface area contributed by atoms with Crippen LogP contribution in [0.4, 0.5) is 5.69 Å². The lowest BCUT2D eigenvalue weighted by atomic mass is 10.1. The Hall–Kier alpha value is -3.61. The van der Waals surface area contributed by atoms with Gasteiger partial charge in [-0.2, -0.15) is 0 Å². The van der Waals surface area contributed by atoms with Crippen LogP contribution in [-0.4, -0.2) is 29.7 Å². The Balaban J connectivity index is 1.57. The fourth-order valence-electron chi connectivity index (χ4n) is 3.64. The van der Waals surface area contributed by atoms with E-state index in [1.54, 1.807) is 61.3 Å². The van der Waals surface area contributed by atoms with E-state index >= 15 is 0 Å². The highest BCUT2D eigenvalue weighted by atomic mass is 16.5.